The van der Waals surface area contributed by atoms with Gasteiger partial charge in [-0.15, -0.1) is 0 Å². The number of hydrogen-bond acceptors (Lipinski definition) is 14. The Balaban J connectivity index is 1.09. The van der Waals surface area contributed by atoms with Gasteiger partial charge in [0.05, 0.1) is 68.1 Å². The van der Waals surface area contributed by atoms with Gasteiger partial charge in [0.15, 0.2) is 12.3 Å². The lowest BCUT2D eigenvalue weighted by molar-refractivity contribution is -0.329. The quantitative estimate of drug-likeness (QED) is 0.0405. The molecule has 1 amide bonds. The molecule has 1 saturated heterocycles. The third-order valence-corrected chi connectivity index (χ3v) is 12.8. The van der Waals surface area contributed by atoms with Crippen LogP contribution >= 0.6 is 0 Å². The number of fused-ring (bicyclic) bond motifs is 3. The van der Waals surface area contributed by atoms with Crippen molar-refractivity contribution in [2.24, 2.45) is 0 Å². The average Bonchev–Trinajstić information content (AvgIpc) is 3.77. The summed E-state index contributed by atoms with van der Waals surface area (Å²) in [5.41, 5.74) is 7.68. The van der Waals surface area contributed by atoms with Crippen LogP contribution in [0.2, 0.25) is 0 Å². The normalized spacial score (nSPS) is 18.3. The molecule has 1 N–H and O–H groups in total. The third kappa shape index (κ3) is 13.9. The van der Waals surface area contributed by atoms with Gasteiger partial charge in [-0.3, -0.25) is 0 Å². The Hall–Kier alpha value is -7.24. The number of carbonyl (C=O) groups is 2. The van der Waals surface area contributed by atoms with Crippen molar-refractivity contribution in [2.45, 2.75) is 69.1 Å². The zero-order chi connectivity index (χ0) is 51.7. The highest BCUT2D eigenvalue weighted by Gasteiger charge is 2.49. The number of amides is 1. The van der Waals surface area contributed by atoms with Gasteiger partial charge in [0.2, 0.25) is 0 Å². The van der Waals surface area contributed by atoms with Crippen LogP contribution in [0.3, 0.4) is 0 Å². The smallest absolute Gasteiger partial charge is 0.407 e. The zero-order valence-electron chi connectivity index (χ0n) is 42.1. The lowest BCUT2D eigenvalue weighted by Gasteiger charge is -2.46. The molecule has 15 heteroatoms. The van der Waals surface area contributed by atoms with E-state index in [9.17, 15) is 9.59 Å². The second-order valence-corrected chi connectivity index (χ2v) is 17.6. The van der Waals surface area contributed by atoms with Gasteiger partial charge in [0.1, 0.15) is 60.6 Å². The minimum atomic E-state index is -1.36. The Bertz CT molecular complexity index is 2670. The van der Waals surface area contributed by atoms with Crippen LogP contribution in [-0.2, 0) is 69.1 Å². The van der Waals surface area contributed by atoms with Crippen molar-refractivity contribution in [2.75, 3.05) is 54.9 Å². The van der Waals surface area contributed by atoms with E-state index < -0.39 is 55.4 Å². The summed E-state index contributed by atoms with van der Waals surface area (Å²) in [6.45, 7) is 3.81. The number of hydrogen-bond donors (Lipinski definition) is 1. The molecule has 0 saturated carbocycles. The van der Waals surface area contributed by atoms with Gasteiger partial charge in [-0.25, -0.2) is 9.59 Å². The molecule has 0 aromatic heterocycles. The van der Waals surface area contributed by atoms with Crippen molar-refractivity contribution in [1.29, 1.82) is 0 Å². The first-order valence-corrected chi connectivity index (χ1v) is 24.4. The summed E-state index contributed by atoms with van der Waals surface area (Å²) < 4.78 is 73.5. The molecule has 6 atom stereocenters. The fourth-order valence-electron chi connectivity index (χ4n) is 8.86. The average molecular weight is 1010 g/mol. The van der Waals surface area contributed by atoms with Crippen LogP contribution in [0.25, 0.3) is 11.1 Å². The molecule has 0 bridgehead atoms. The van der Waals surface area contributed by atoms with Gasteiger partial charge in [0.25, 0.3) is 0 Å². The topological polar surface area (TPSA) is 157 Å². The third-order valence-electron chi connectivity index (χ3n) is 12.8. The van der Waals surface area contributed by atoms with Crippen LogP contribution < -0.4 is 24.3 Å². The molecule has 1 heterocycles. The van der Waals surface area contributed by atoms with E-state index in [0.29, 0.717) is 23.0 Å². The molecule has 1 aliphatic heterocycles. The molecule has 2 aliphatic rings. The van der Waals surface area contributed by atoms with Gasteiger partial charge >= 0.3 is 12.1 Å². The summed E-state index contributed by atoms with van der Waals surface area (Å²) in [6, 6.07) is 44.8. The lowest BCUT2D eigenvalue weighted by Crippen LogP contribution is -2.62. The molecule has 74 heavy (non-hydrogen) atoms. The highest BCUT2D eigenvalue weighted by molar-refractivity contribution is 5.82. The summed E-state index contributed by atoms with van der Waals surface area (Å²) in [4.78, 5) is 27.6. The Morgan fingerprint density at radius 1 is 0.541 bits per heavy atom. The predicted molar refractivity (Wildman–Crippen MR) is 275 cm³/mol. The first kappa shape index (κ1) is 53.1. The Kier molecular flexibility index (Phi) is 19.1. The maximum absolute atomic E-state index is 13.8. The number of carbonyl (C=O) groups excluding carboxylic acids is 2. The SMILES string of the molecule is C=CCOC(=O)[C@H](CO[C@H]1O[C@H](COCc2ccc(OC)cc2)[C@H](OCc2ccc(OC)cc2)[C@H](OCc2ccc(OC)cc2)[C@H]1OCc1ccc(OC)cc1)NC(=O)OCC1c2ccccc2-c2ccccc21. The number of rotatable bonds is 26. The standard InChI is InChI=1S/C59H63NO14/c1-6-31-68-57(61)52(60-59(62)73-36-51-49-13-9-7-11-47(49)48-12-8-10-14-50(48)51)37-72-58-56(71-35-42-21-29-46(66-5)30-22-42)55(70-34-41-19-27-45(65-4)28-20-41)54(69-33-40-17-25-44(64-3)26-18-40)53(74-58)38-67-32-39-15-23-43(63-2)24-16-39/h6-30,51-56,58H,1,31-38H2,2-5H3,(H,60,62)/t52-,53+,54-,55-,56+,58-/m0/s1. The molecule has 8 rings (SSSR count). The molecule has 1 aliphatic carbocycles. The first-order valence-electron chi connectivity index (χ1n) is 24.4. The fourth-order valence-corrected chi connectivity index (χ4v) is 8.86. The van der Waals surface area contributed by atoms with E-state index in [1.165, 1.54) is 6.08 Å². The van der Waals surface area contributed by atoms with Crippen LogP contribution in [0.15, 0.2) is 158 Å². The van der Waals surface area contributed by atoms with Crippen molar-refractivity contribution in [3.8, 4) is 34.1 Å². The van der Waals surface area contributed by atoms with E-state index >= 15 is 0 Å². The molecule has 1 fully saturated rings. The van der Waals surface area contributed by atoms with Crippen LogP contribution in [0.5, 0.6) is 23.0 Å². The molecular weight excluding hydrogens is 947 g/mol. The number of nitrogens with one attached hydrogen (secondary N) is 1. The minimum Gasteiger partial charge on any atom is -0.497 e. The molecule has 388 valence electrons. The number of ether oxygens (including phenoxy) is 12. The van der Waals surface area contributed by atoms with Gasteiger partial charge in [-0.1, -0.05) is 110 Å². The molecule has 0 radical (unpaired) electrons. The number of methoxy groups -OCH3 is 4. The molecule has 6 aromatic carbocycles. The van der Waals surface area contributed by atoms with Gasteiger partial charge in [0, 0.05) is 5.92 Å². The van der Waals surface area contributed by atoms with Crippen LogP contribution in [-0.4, -0.2) is 104 Å². The summed E-state index contributed by atoms with van der Waals surface area (Å²) >= 11 is 0. The number of alkyl carbamates (subject to hydrolysis) is 1. The molecule has 0 unspecified atom stereocenters. The largest absolute Gasteiger partial charge is 0.497 e. The van der Waals surface area contributed by atoms with Gasteiger partial charge in [-0.05, 0) is 93.0 Å². The van der Waals surface area contributed by atoms with Crippen molar-refractivity contribution in [3.05, 3.63) is 192 Å². The van der Waals surface area contributed by atoms with Crippen molar-refractivity contribution in [3.63, 3.8) is 0 Å². The highest BCUT2D eigenvalue weighted by Crippen LogP contribution is 2.44. The number of benzene rings is 6. The summed E-state index contributed by atoms with van der Waals surface area (Å²) in [6.07, 6.45) is -4.19. The number of esters is 1. The van der Waals surface area contributed by atoms with E-state index in [0.717, 1.165) is 44.5 Å². The van der Waals surface area contributed by atoms with E-state index in [2.05, 4.69) is 24.0 Å². The Labute approximate surface area is 432 Å². The minimum absolute atomic E-state index is 0.0193. The maximum Gasteiger partial charge on any atom is 0.407 e. The monoisotopic (exact) mass is 1010 g/mol. The molecular formula is C59H63NO14. The van der Waals surface area contributed by atoms with E-state index in [-0.39, 0.29) is 52.2 Å². The molecule has 0 spiro atoms. The summed E-state index contributed by atoms with van der Waals surface area (Å²) in [7, 11) is 6.43. The lowest BCUT2D eigenvalue weighted by atomic mass is 9.97. The van der Waals surface area contributed by atoms with Crippen LogP contribution in [0.1, 0.15) is 39.3 Å². The van der Waals surface area contributed by atoms with Crippen molar-refractivity contribution >= 4 is 12.1 Å². The Morgan fingerprint density at radius 2 is 0.986 bits per heavy atom. The van der Waals surface area contributed by atoms with Gasteiger partial charge in [-0.2, -0.15) is 0 Å². The fraction of sp³-hybridized carbons (Fsp3) is 0.322. The highest BCUT2D eigenvalue weighted by atomic mass is 16.7. The molecule has 6 aromatic rings. The van der Waals surface area contributed by atoms with Crippen LogP contribution in [0, 0.1) is 0 Å². The van der Waals surface area contributed by atoms with Crippen molar-refractivity contribution in [1.82, 2.24) is 5.32 Å². The second-order valence-electron chi connectivity index (χ2n) is 17.6. The molecule has 15 nitrogen and oxygen atoms in total. The predicted octanol–water partition coefficient (Wildman–Crippen LogP) is 9.37. The zero-order valence-corrected chi connectivity index (χ0v) is 42.1. The summed E-state index contributed by atoms with van der Waals surface area (Å²) in [5.74, 6) is 1.79. The van der Waals surface area contributed by atoms with E-state index in [1.54, 1.807) is 28.4 Å². The maximum atomic E-state index is 13.8. The van der Waals surface area contributed by atoms with Gasteiger partial charge < -0.3 is 62.2 Å². The summed E-state index contributed by atoms with van der Waals surface area (Å²) in [5, 5.41) is 2.70. The van der Waals surface area contributed by atoms with E-state index in [4.69, 9.17) is 56.8 Å². The Morgan fingerprint density at radius 3 is 1.46 bits per heavy atom. The van der Waals surface area contributed by atoms with E-state index in [1.807, 2.05) is 133 Å². The van der Waals surface area contributed by atoms with Crippen molar-refractivity contribution < 1.29 is 66.4 Å². The van der Waals surface area contributed by atoms with Crippen LogP contribution in [0.4, 0.5) is 4.79 Å². The second kappa shape index (κ2) is 26.6. The first-order chi connectivity index (χ1) is 36.3.